The Bertz CT molecular complexity index is 433. The first-order chi connectivity index (χ1) is 8.01. The van der Waals surface area contributed by atoms with Crippen molar-refractivity contribution in [3.05, 3.63) is 33.9 Å². The van der Waals surface area contributed by atoms with Gasteiger partial charge in [0.2, 0.25) is 0 Å². The summed E-state index contributed by atoms with van der Waals surface area (Å²) in [6.45, 7) is 1.77. The van der Waals surface area contributed by atoms with Crippen LogP contribution in [-0.4, -0.2) is 36.0 Å². The molecule has 1 aromatic rings. The van der Waals surface area contributed by atoms with Gasteiger partial charge in [0.15, 0.2) is 6.29 Å². The molecule has 6 nitrogen and oxygen atoms in total. The Balaban J connectivity index is 3.13. The van der Waals surface area contributed by atoms with E-state index in [0.717, 1.165) is 0 Å². The molecule has 1 N–H and O–H groups in total. The van der Waals surface area contributed by atoms with Gasteiger partial charge in [0, 0.05) is 24.8 Å². The minimum Gasteiger partial charge on any atom is -0.394 e. The third kappa shape index (κ3) is 2.79. The molecular weight excluding hydrogens is 224 g/mol. The highest BCUT2D eigenvalue weighted by molar-refractivity contribution is 5.83. The molecule has 0 aliphatic rings. The molecule has 1 aromatic carbocycles. The van der Waals surface area contributed by atoms with Crippen molar-refractivity contribution < 1.29 is 14.8 Å². The topological polar surface area (TPSA) is 83.7 Å². The van der Waals surface area contributed by atoms with E-state index in [1.807, 2.05) is 6.92 Å². The van der Waals surface area contributed by atoms with Crippen LogP contribution in [0.1, 0.15) is 17.3 Å². The molecular formula is C11H14N2O4. The van der Waals surface area contributed by atoms with Crippen LogP contribution >= 0.6 is 0 Å². The molecule has 0 fully saturated rings. The van der Waals surface area contributed by atoms with Gasteiger partial charge in [-0.2, -0.15) is 0 Å². The van der Waals surface area contributed by atoms with E-state index in [-0.39, 0.29) is 23.9 Å². The van der Waals surface area contributed by atoms with Gasteiger partial charge >= 0.3 is 0 Å². The van der Waals surface area contributed by atoms with Crippen molar-refractivity contribution in [2.75, 3.05) is 18.6 Å². The Labute approximate surface area is 98.6 Å². The van der Waals surface area contributed by atoms with Crippen LogP contribution in [0.4, 0.5) is 11.4 Å². The van der Waals surface area contributed by atoms with Gasteiger partial charge in [0.05, 0.1) is 17.1 Å². The smallest absolute Gasteiger partial charge is 0.280 e. The summed E-state index contributed by atoms with van der Waals surface area (Å²) in [5, 5.41) is 19.7. The number of aliphatic hydroxyl groups is 1. The summed E-state index contributed by atoms with van der Waals surface area (Å²) in [6.07, 6.45) is 0.457. The average Bonchev–Trinajstić information content (AvgIpc) is 2.35. The Morgan fingerprint density at radius 3 is 2.71 bits per heavy atom. The highest BCUT2D eigenvalue weighted by atomic mass is 16.6. The van der Waals surface area contributed by atoms with Crippen molar-refractivity contribution in [1.29, 1.82) is 0 Å². The van der Waals surface area contributed by atoms with Crippen molar-refractivity contribution in [1.82, 2.24) is 0 Å². The van der Waals surface area contributed by atoms with Crippen LogP contribution in [-0.2, 0) is 0 Å². The fourth-order valence-corrected chi connectivity index (χ4v) is 1.40. The summed E-state index contributed by atoms with van der Waals surface area (Å²) >= 11 is 0. The maximum absolute atomic E-state index is 10.8. The maximum atomic E-state index is 10.8. The Kier molecular flexibility index (Phi) is 4.17. The molecule has 0 spiro atoms. The Hall–Kier alpha value is -1.95. The van der Waals surface area contributed by atoms with E-state index in [4.69, 9.17) is 5.11 Å². The van der Waals surface area contributed by atoms with Crippen LogP contribution in [0.25, 0.3) is 0 Å². The van der Waals surface area contributed by atoms with Crippen molar-refractivity contribution >= 4 is 17.7 Å². The zero-order valence-electron chi connectivity index (χ0n) is 9.66. The van der Waals surface area contributed by atoms with E-state index in [1.165, 1.54) is 12.1 Å². The predicted molar refractivity (Wildman–Crippen MR) is 63.4 cm³/mol. The van der Waals surface area contributed by atoms with Crippen LogP contribution < -0.4 is 4.90 Å². The number of aldehydes is 1. The molecule has 1 rings (SSSR count). The van der Waals surface area contributed by atoms with Crippen LogP contribution in [0.3, 0.4) is 0 Å². The molecule has 0 radical (unpaired) electrons. The van der Waals surface area contributed by atoms with Gasteiger partial charge in [-0.1, -0.05) is 0 Å². The molecule has 6 heteroatoms. The highest BCUT2D eigenvalue weighted by Crippen LogP contribution is 2.24. The Morgan fingerprint density at radius 1 is 1.59 bits per heavy atom. The van der Waals surface area contributed by atoms with Crippen molar-refractivity contribution in [3.63, 3.8) is 0 Å². The number of hydrogen-bond acceptors (Lipinski definition) is 5. The van der Waals surface area contributed by atoms with Gasteiger partial charge in [-0.3, -0.25) is 14.9 Å². The summed E-state index contributed by atoms with van der Waals surface area (Å²) in [4.78, 5) is 22.6. The number of nitro benzene ring substituents is 1. The lowest BCUT2D eigenvalue weighted by Gasteiger charge is -2.25. The first-order valence-corrected chi connectivity index (χ1v) is 5.08. The van der Waals surface area contributed by atoms with Crippen LogP contribution in [0.15, 0.2) is 18.2 Å². The van der Waals surface area contributed by atoms with E-state index in [0.29, 0.717) is 12.0 Å². The van der Waals surface area contributed by atoms with Crippen LogP contribution in [0.5, 0.6) is 0 Å². The van der Waals surface area contributed by atoms with Crippen molar-refractivity contribution in [2.24, 2.45) is 0 Å². The van der Waals surface area contributed by atoms with Gasteiger partial charge in [-0.25, -0.2) is 0 Å². The van der Waals surface area contributed by atoms with Gasteiger partial charge in [0.25, 0.3) is 5.69 Å². The standard InChI is InChI=1S/C11H14N2O4/c1-8(6-14)12(2)10-3-4-11(13(16)17)9(5-10)7-15/h3-5,7-8,14H,6H2,1-2H3. The summed E-state index contributed by atoms with van der Waals surface area (Å²) in [5.41, 5.74) is 0.470. The van der Waals surface area contributed by atoms with Gasteiger partial charge in [-0.05, 0) is 19.1 Å². The lowest BCUT2D eigenvalue weighted by molar-refractivity contribution is -0.385. The fraction of sp³-hybridized carbons (Fsp3) is 0.364. The number of aliphatic hydroxyl groups excluding tert-OH is 1. The molecule has 17 heavy (non-hydrogen) atoms. The molecule has 0 aromatic heterocycles. The molecule has 0 saturated carbocycles. The summed E-state index contributed by atoms with van der Waals surface area (Å²) in [7, 11) is 1.75. The first kappa shape index (κ1) is 13.1. The van der Waals surface area contributed by atoms with E-state index < -0.39 is 4.92 Å². The second-order valence-electron chi connectivity index (χ2n) is 3.76. The normalized spacial score (nSPS) is 11.9. The van der Waals surface area contributed by atoms with Gasteiger partial charge in [-0.15, -0.1) is 0 Å². The lowest BCUT2D eigenvalue weighted by atomic mass is 10.1. The molecule has 0 aliphatic heterocycles. The molecule has 1 atom stereocenters. The van der Waals surface area contributed by atoms with E-state index in [1.54, 1.807) is 18.0 Å². The highest BCUT2D eigenvalue weighted by Gasteiger charge is 2.16. The summed E-state index contributed by atoms with van der Waals surface area (Å²) in [5.74, 6) is 0. The quantitative estimate of drug-likeness (QED) is 0.473. The zero-order valence-corrected chi connectivity index (χ0v) is 9.66. The minimum atomic E-state index is -0.594. The van der Waals surface area contributed by atoms with Crippen LogP contribution in [0, 0.1) is 10.1 Å². The zero-order chi connectivity index (χ0) is 13.0. The number of likely N-dealkylation sites (N-methyl/N-ethyl adjacent to an activating group) is 1. The summed E-state index contributed by atoms with van der Waals surface area (Å²) < 4.78 is 0. The van der Waals surface area contributed by atoms with E-state index in [2.05, 4.69) is 0 Å². The third-order valence-electron chi connectivity index (χ3n) is 2.67. The second-order valence-corrected chi connectivity index (χ2v) is 3.76. The van der Waals surface area contributed by atoms with E-state index >= 15 is 0 Å². The monoisotopic (exact) mass is 238 g/mol. The Morgan fingerprint density at radius 2 is 2.24 bits per heavy atom. The predicted octanol–water partition coefficient (Wildman–Crippen LogP) is 1.22. The number of hydrogen-bond donors (Lipinski definition) is 1. The van der Waals surface area contributed by atoms with Gasteiger partial charge in [0.1, 0.15) is 0 Å². The average molecular weight is 238 g/mol. The SMILES string of the molecule is CC(CO)N(C)c1ccc([N+](=O)[O-])c(C=O)c1. The maximum Gasteiger partial charge on any atom is 0.280 e. The van der Waals surface area contributed by atoms with Crippen LogP contribution in [0.2, 0.25) is 0 Å². The third-order valence-corrected chi connectivity index (χ3v) is 2.67. The number of anilines is 1. The molecule has 0 bridgehead atoms. The number of benzene rings is 1. The van der Waals surface area contributed by atoms with Gasteiger partial charge < -0.3 is 10.0 Å². The molecule has 92 valence electrons. The lowest BCUT2D eigenvalue weighted by Crippen LogP contribution is -2.31. The summed E-state index contributed by atoms with van der Waals surface area (Å²) in [6, 6.07) is 4.16. The van der Waals surface area contributed by atoms with Crippen molar-refractivity contribution in [2.45, 2.75) is 13.0 Å². The van der Waals surface area contributed by atoms with E-state index in [9.17, 15) is 14.9 Å². The minimum absolute atomic E-state index is 0.0319. The first-order valence-electron chi connectivity index (χ1n) is 5.08. The second kappa shape index (κ2) is 5.40. The fourth-order valence-electron chi connectivity index (χ4n) is 1.40. The number of rotatable bonds is 5. The largest absolute Gasteiger partial charge is 0.394 e. The number of carbonyl (C=O) groups excluding carboxylic acids is 1. The number of carbonyl (C=O) groups is 1. The molecule has 1 unspecified atom stereocenters. The molecule has 0 saturated heterocycles. The number of nitro groups is 1. The van der Waals surface area contributed by atoms with Crippen molar-refractivity contribution in [3.8, 4) is 0 Å². The molecule has 0 aliphatic carbocycles. The molecule has 0 heterocycles. The number of nitrogens with zero attached hydrogens (tertiary/aromatic N) is 2. The molecule has 0 amide bonds.